The van der Waals surface area contributed by atoms with Gasteiger partial charge in [-0.05, 0) is 56.5 Å². The van der Waals surface area contributed by atoms with Crippen molar-refractivity contribution in [2.75, 3.05) is 26.2 Å². The van der Waals surface area contributed by atoms with Crippen molar-refractivity contribution in [2.45, 2.75) is 45.4 Å². The first-order valence-electron chi connectivity index (χ1n) is 7.20. The maximum atomic E-state index is 5.79. The molecule has 1 saturated carbocycles. The normalized spacial score (nSPS) is 37.5. The SMILES string of the molecule is CC1CCC(CN2CCCC(CN)C2)CC1. The van der Waals surface area contributed by atoms with Crippen molar-refractivity contribution in [1.29, 1.82) is 0 Å². The van der Waals surface area contributed by atoms with Crippen LogP contribution in [0.4, 0.5) is 0 Å². The van der Waals surface area contributed by atoms with Crippen molar-refractivity contribution in [3.63, 3.8) is 0 Å². The van der Waals surface area contributed by atoms with Crippen LogP contribution in [0.1, 0.15) is 45.4 Å². The van der Waals surface area contributed by atoms with Crippen LogP contribution in [0.15, 0.2) is 0 Å². The van der Waals surface area contributed by atoms with Gasteiger partial charge in [-0.15, -0.1) is 0 Å². The minimum absolute atomic E-state index is 0.774. The third kappa shape index (κ3) is 3.46. The van der Waals surface area contributed by atoms with Crippen molar-refractivity contribution < 1.29 is 0 Å². The summed E-state index contributed by atoms with van der Waals surface area (Å²) in [5.74, 6) is 2.73. The molecule has 0 bridgehead atoms. The van der Waals surface area contributed by atoms with Gasteiger partial charge in [-0.2, -0.15) is 0 Å². The van der Waals surface area contributed by atoms with Crippen LogP contribution in [-0.2, 0) is 0 Å². The Labute approximate surface area is 101 Å². The van der Waals surface area contributed by atoms with Gasteiger partial charge in [0.15, 0.2) is 0 Å². The van der Waals surface area contributed by atoms with E-state index in [0.717, 1.165) is 24.3 Å². The van der Waals surface area contributed by atoms with Crippen LogP contribution < -0.4 is 5.73 Å². The molecule has 1 heterocycles. The van der Waals surface area contributed by atoms with Gasteiger partial charge in [0, 0.05) is 13.1 Å². The highest BCUT2D eigenvalue weighted by Gasteiger charge is 2.24. The summed E-state index contributed by atoms with van der Waals surface area (Å²) in [6.45, 7) is 7.23. The van der Waals surface area contributed by atoms with E-state index in [-0.39, 0.29) is 0 Å². The molecular formula is C14H28N2. The maximum absolute atomic E-state index is 5.79. The quantitative estimate of drug-likeness (QED) is 0.798. The average Bonchev–Trinajstić information content (AvgIpc) is 2.32. The molecule has 1 atom stereocenters. The maximum Gasteiger partial charge on any atom is 0.00218 e. The van der Waals surface area contributed by atoms with E-state index >= 15 is 0 Å². The lowest BCUT2D eigenvalue weighted by Crippen LogP contribution is -2.41. The molecule has 1 aliphatic heterocycles. The summed E-state index contributed by atoms with van der Waals surface area (Å²) in [6, 6.07) is 0. The number of hydrogen-bond acceptors (Lipinski definition) is 2. The van der Waals surface area contributed by atoms with E-state index in [2.05, 4.69) is 11.8 Å². The van der Waals surface area contributed by atoms with Crippen LogP contribution in [0.2, 0.25) is 0 Å². The molecule has 0 radical (unpaired) electrons. The standard InChI is InChI=1S/C14H28N2/c1-12-4-6-13(7-5-12)10-16-8-2-3-14(9-15)11-16/h12-14H,2-11,15H2,1H3. The molecule has 0 spiro atoms. The predicted octanol–water partition coefficient (Wildman–Crippen LogP) is 2.48. The van der Waals surface area contributed by atoms with Gasteiger partial charge in [0.1, 0.15) is 0 Å². The van der Waals surface area contributed by atoms with E-state index in [1.807, 2.05) is 0 Å². The number of nitrogens with zero attached hydrogens (tertiary/aromatic N) is 1. The number of nitrogens with two attached hydrogens (primary N) is 1. The number of likely N-dealkylation sites (tertiary alicyclic amines) is 1. The van der Waals surface area contributed by atoms with Crippen molar-refractivity contribution in [3.05, 3.63) is 0 Å². The summed E-state index contributed by atoms with van der Waals surface area (Å²) in [5.41, 5.74) is 5.79. The van der Waals surface area contributed by atoms with Gasteiger partial charge in [-0.25, -0.2) is 0 Å². The Morgan fingerprint density at radius 2 is 1.81 bits per heavy atom. The van der Waals surface area contributed by atoms with Crippen molar-refractivity contribution >= 4 is 0 Å². The Kier molecular flexibility index (Phi) is 4.66. The Morgan fingerprint density at radius 1 is 1.06 bits per heavy atom. The lowest BCUT2D eigenvalue weighted by molar-refractivity contribution is 0.133. The molecular weight excluding hydrogens is 196 g/mol. The fourth-order valence-corrected chi connectivity index (χ4v) is 3.39. The van der Waals surface area contributed by atoms with Crippen LogP contribution in [0.25, 0.3) is 0 Å². The molecule has 0 amide bonds. The second-order valence-corrected chi connectivity index (χ2v) is 6.13. The fraction of sp³-hybridized carbons (Fsp3) is 1.00. The molecule has 2 N–H and O–H groups in total. The first-order chi connectivity index (χ1) is 7.78. The van der Waals surface area contributed by atoms with Gasteiger partial charge < -0.3 is 10.6 Å². The molecule has 2 nitrogen and oxygen atoms in total. The third-order valence-electron chi connectivity index (χ3n) is 4.59. The van der Waals surface area contributed by atoms with E-state index in [4.69, 9.17) is 5.73 Å². The first-order valence-corrected chi connectivity index (χ1v) is 7.20. The molecule has 2 rings (SSSR count). The number of piperidine rings is 1. The Balaban J connectivity index is 1.72. The van der Waals surface area contributed by atoms with Crippen LogP contribution in [0.3, 0.4) is 0 Å². The zero-order valence-corrected chi connectivity index (χ0v) is 10.8. The highest BCUT2D eigenvalue weighted by atomic mass is 15.1. The molecule has 94 valence electrons. The van der Waals surface area contributed by atoms with E-state index in [9.17, 15) is 0 Å². The van der Waals surface area contributed by atoms with Crippen LogP contribution >= 0.6 is 0 Å². The van der Waals surface area contributed by atoms with E-state index in [1.54, 1.807) is 0 Å². The number of rotatable bonds is 3. The van der Waals surface area contributed by atoms with Crippen molar-refractivity contribution in [3.8, 4) is 0 Å². The molecule has 0 aromatic rings. The lowest BCUT2D eigenvalue weighted by atomic mass is 9.82. The smallest absolute Gasteiger partial charge is 0.00218 e. The summed E-state index contributed by atoms with van der Waals surface area (Å²) >= 11 is 0. The average molecular weight is 224 g/mol. The Hall–Kier alpha value is -0.0800. The monoisotopic (exact) mass is 224 g/mol. The summed E-state index contributed by atoms with van der Waals surface area (Å²) in [7, 11) is 0. The lowest BCUT2D eigenvalue weighted by Gasteiger charge is -2.36. The molecule has 16 heavy (non-hydrogen) atoms. The third-order valence-corrected chi connectivity index (χ3v) is 4.59. The van der Waals surface area contributed by atoms with Crippen molar-refractivity contribution in [2.24, 2.45) is 23.5 Å². The zero-order valence-electron chi connectivity index (χ0n) is 10.8. The van der Waals surface area contributed by atoms with Gasteiger partial charge in [0.05, 0.1) is 0 Å². The van der Waals surface area contributed by atoms with Crippen molar-refractivity contribution in [1.82, 2.24) is 4.90 Å². The summed E-state index contributed by atoms with van der Waals surface area (Å²) in [4.78, 5) is 2.68. The van der Waals surface area contributed by atoms with Crippen LogP contribution in [-0.4, -0.2) is 31.1 Å². The van der Waals surface area contributed by atoms with Gasteiger partial charge in [-0.1, -0.05) is 19.8 Å². The van der Waals surface area contributed by atoms with Gasteiger partial charge >= 0.3 is 0 Å². The topological polar surface area (TPSA) is 29.3 Å². The highest BCUT2D eigenvalue weighted by molar-refractivity contribution is 4.78. The minimum Gasteiger partial charge on any atom is -0.330 e. The second-order valence-electron chi connectivity index (χ2n) is 6.13. The largest absolute Gasteiger partial charge is 0.330 e. The van der Waals surface area contributed by atoms with Gasteiger partial charge in [0.2, 0.25) is 0 Å². The van der Waals surface area contributed by atoms with Gasteiger partial charge in [-0.3, -0.25) is 0 Å². The molecule has 2 aliphatic rings. The predicted molar refractivity (Wildman–Crippen MR) is 69.3 cm³/mol. The Morgan fingerprint density at radius 3 is 2.50 bits per heavy atom. The van der Waals surface area contributed by atoms with Crippen LogP contribution in [0.5, 0.6) is 0 Å². The highest BCUT2D eigenvalue weighted by Crippen LogP contribution is 2.29. The molecule has 0 aromatic carbocycles. The molecule has 2 heteroatoms. The van der Waals surface area contributed by atoms with E-state index in [0.29, 0.717) is 0 Å². The van der Waals surface area contributed by atoms with E-state index in [1.165, 1.54) is 58.2 Å². The first kappa shape index (κ1) is 12.4. The summed E-state index contributed by atoms with van der Waals surface area (Å²) in [5, 5.41) is 0. The fourth-order valence-electron chi connectivity index (χ4n) is 3.39. The minimum atomic E-state index is 0.774. The molecule has 1 unspecified atom stereocenters. The van der Waals surface area contributed by atoms with E-state index < -0.39 is 0 Å². The Bertz CT molecular complexity index is 197. The second kappa shape index (κ2) is 6.02. The molecule has 2 fully saturated rings. The summed E-state index contributed by atoms with van der Waals surface area (Å²) in [6.07, 6.45) is 8.56. The molecule has 0 aromatic heterocycles. The summed E-state index contributed by atoms with van der Waals surface area (Å²) < 4.78 is 0. The van der Waals surface area contributed by atoms with Gasteiger partial charge in [0.25, 0.3) is 0 Å². The zero-order chi connectivity index (χ0) is 11.4. The molecule has 1 aliphatic carbocycles. The number of hydrogen-bond donors (Lipinski definition) is 1. The molecule has 1 saturated heterocycles. The van der Waals surface area contributed by atoms with Crippen LogP contribution in [0, 0.1) is 17.8 Å².